The minimum atomic E-state index is -0.290. The van der Waals surface area contributed by atoms with Gasteiger partial charge in [0.25, 0.3) is 0 Å². The lowest BCUT2D eigenvalue weighted by Gasteiger charge is -2.53. The van der Waals surface area contributed by atoms with E-state index in [9.17, 15) is 9.18 Å². The van der Waals surface area contributed by atoms with Crippen LogP contribution in [0.25, 0.3) is 0 Å². The largest absolute Gasteiger partial charge is 0.372 e. The quantitative estimate of drug-likeness (QED) is 0.812. The fourth-order valence-corrected chi connectivity index (χ4v) is 3.75. The molecular formula is C21H23FN2O3. The van der Waals surface area contributed by atoms with E-state index in [1.807, 2.05) is 23.1 Å². The molecule has 0 aliphatic carbocycles. The molecule has 3 heterocycles. The monoisotopic (exact) mass is 370 g/mol. The van der Waals surface area contributed by atoms with Gasteiger partial charge in [-0.2, -0.15) is 0 Å². The van der Waals surface area contributed by atoms with Gasteiger partial charge in [-0.05, 0) is 36.2 Å². The molecule has 2 aliphatic heterocycles. The van der Waals surface area contributed by atoms with Crippen molar-refractivity contribution in [1.82, 2.24) is 9.88 Å². The minimum absolute atomic E-state index is 0.0485. The molecule has 0 radical (unpaired) electrons. The second kappa shape index (κ2) is 7.74. The van der Waals surface area contributed by atoms with Gasteiger partial charge in [0.1, 0.15) is 11.4 Å². The van der Waals surface area contributed by atoms with Crippen molar-refractivity contribution in [3.05, 3.63) is 65.7 Å². The number of rotatable bonds is 5. The molecule has 1 atom stereocenters. The highest BCUT2D eigenvalue weighted by Gasteiger charge is 2.49. The Labute approximate surface area is 158 Å². The number of halogens is 1. The lowest BCUT2D eigenvalue weighted by molar-refractivity contribution is -0.202. The van der Waals surface area contributed by atoms with Crippen LogP contribution in [0.15, 0.2) is 48.7 Å². The van der Waals surface area contributed by atoms with Crippen molar-refractivity contribution in [3.63, 3.8) is 0 Å². The van der Waals surface area contributed by atoms with Crippen LogP contribution in [0.1, 0.15) is 24.1 Å². The molecule has 27 heavy (non-hydrogen) atoms. The normalized spacial score (nSPS) is 21.1. The molecule has 1 aromatic heterocycles. The molecule has 1 spiro atoms. The van der Waals surface area contributed by atoms with Crippen molar-refractivity contribution in [2.24, 2.45) is 0 Å². The molecule has 2 aromatic rings. The summed E-state index contributed by atoms with van der Waals surface area (Å²) in [7, 11) is 0. The highest BCUT2D eigenvalue weighted by Crippen LogP contribution is 2.35. The molecular weight excluding hydrogens is 347 g/mol. The SMILES string of the molecule is O=C(Cc1ccc(F)cc1)N1CC2(CC(OCc3ccccn3)CCO2)C1. The van der Waals surface area contributed by atoms with Gasteiger partial charge in [0.05, 0.1) is 37.9 Å². The number of hydrogen-bond acceptors (Lipinski definition) is 4. The predicted molar refractivity (Wildman–Crippen MR) is 97.4 cm³/mol. The van der Waals surface area contributed by atoms with Gasteiger partial charge in [0.15, 0.2) is 0 Å². The zero-order valence-corrected chi connectivity index (χ0v) is 15.1. The number of pyridine rings is 1. The maximum Gasteiger partial charge on any atom is 0.227 e. The zero-order chi connectivity index (χ0) is 18.7. The number of amides is 1. The first-order valence-corrected chi connectivity index (χ1v) is 9.30. The number of ether oxygens (including phenoxy) is 2. The number of carbonyl (C=O) groups excluding carboxylic acids is 1. The molecule has 2 fully saturated rings. The van der Waals surface area contributed by atoms with Crippen LogP contribution in [0, 0.1) is 5.82 Å². The van der Waals surface area contributed by atoms with Crippen LogP contribution in [0.3, 0.4) is 0 Å². The van der Waals surface area contributed by atoms with Crippen molar-refractivity contribution in [2.75, 3.05) is 19.7 Å². The molecule has 1 aromatic carbocycles. The first kappa shape index (κ1) is 18.1. The Morgan fingerprint density at radius 1 is 1.26 bits per heavy atom. The van der Waals surface area contributed by atoms with Crippen molar-refractivity contribution >= 4 is 5.91 Å². The van der Waals surface area contributed by atoms with E-state index in [1.54, 1.807) is 18.3 Å². The first-order valence-electron chi connectivity index (χ1n) is 9.30. The molecule has 0 saturated carbocycles. The van der Waals surface area contributed by atoms with Crippen LogP contribution >= 0.6 is 0 Å². The second-order valence-corrected chi connectivity index (χ2v) is 7.33. The topological polar surface area (TPSA) is 51.7 Å². The van der Waals surface area contributed by atoms with Crippen molar-refractivity contribution in [1.29, 1.82) is 0 Å². The summed E-state index contributed by atoms with van der Waals surface area (Å²) >= 11 is 0. The average molecular weight is 370 g/mol. The molecule has 2 saturated heterocycles. The van der Waals surface area contributed by atoms with Gasteiger partial charge in [-0.15, -0.1) is 0 Å². The Bertz CT molecular complexity index is 776. The van der Waals surface area contributed by atoms with Gasteiger partial charge in [-0.3, -0.25) is 9.78 Å². The number of carbonyl (C=O) groups is 1. The molecule has 1 amide bonds. The number of benzene rings is 1. The Hall–Kier alpha value is -2.31. The van der Waals surface area contributed by atoms with E-state index in [0.717, 1.165) is 24.1 Å². The lowest BCUT2D eigenvalue weighted by Crippen LogP contribution is -2.67. The Kier molecular flexibility index (Phi) is 5.18. The molecule has 0 N–H and O–H groups in total. The van der Waals surface area contributed by atoms with Crippen molar-refractivity contribution in [2.45, 2.75) is 37.6 Å². The van der Waals surface area contributed by atoms with E-state index in [2.05, 4.69) is 4.98 Å². The number of nitrogens with zero attached hydrogens (tertiary/aromatic N) is 2. The van der Waals surface area contributed by atoms with Crippen LogP contribution in [-0.4, -0.2) is 47.2 Å². The summed E-state index contributed by atoms with van der Waals surface area (Å²) in [6, 6.07) is 11.9. The van der Waals surface area contributed by atoms with Gasteiger partial charge in [0.2, 0.25) is 5.91 Å². The third-order valence-electron chi connectivity index (χ3n) is 5.22. The molecule has 0 bridgehead atoms. The Morgan fingerprint density at radius 2 is 2.07 bits per heavy atom. The zero-order valence-electron chi connectivity index (χ0n) is 15.1. The van der Waals surface area contributed by atoms with Crippen LogP contribution in [0.4, 0.5) is 4.39 Å². The van der Waals surface area contributed by atoms with Crippen LogP contribution in [-0.2, 0) is 27.3 Å². The number of aromatic nitrogens is 1. The van der Waals surface area contributed by atoms with Gasteiger partial charge < -0.3 is 14.4 Å². The van der Waals surface area contributed by atoms with Crippen LogP contribution in [0.5, 0.6) is 0 Å². The standard InChI is InChI=1S/C21H23FN2O3/c22-17-6-4-16(5-7-17)11-20(25)24-14-21(15-24)12-19(8-10-27-21)26-13-18-3-1-2-9-23-18/h1-7,9,19H,8,10-15H2. The predicted octanol–water partition coefficient (Wildman–Crippen LogP) is 2.74. The van der Waals surface area contributed by atoms with Gasteiger partial charge in [-0.25, -0.2) is 4.39 Å². The van der Waals surface area contributed by atoms with Crippen molar-refractivity contribution in [3.8, 4) is 0 Å². The first-order chi connectivity index (χ1) is 13.1. The minimum Gasteiger partial charge on any atom is -0.372 e. The highest BCUT2D eigenvalue weighted by molar-refractivity contribution is 5.80. The summed E-state index contributed by atoms with van der Waals surface area (Å²) in [5, 5.41) is 0. The van der Waals surface area contributed by atoms with E-state index < -0.39 is 0 Å². The van der Waals surface area contributed by atoms with Gasteiger partial charge in [-0.1, -0.05) is 18.2 Å². The van der Waals surface area contributed by atoms with E-state index >= 15 is 0 Å². The maximum atomic E-state index is 13.0. The summed E-state index contributed by atoms with van der Waals surface area (Å²) in [5.41, 5.74) is 1.46. The highest BCUT2D eigenvalue weighted by atomic mass is 19.1. The van der Waals surface area contributed by atoms with E-state index in [1.165, 1.54) is 12.1 Å². The van der Waals surface area contributed by atoms with Crippen LogP contribution < -0.4 is 0 Å². The average Bonchev–Trinajstić information content (AvgIpc) is 2.67. The Morgan fingerprint density at radius 3 is 2.81 bits per heavy atom. The summed E-state index contributed by atoms with van der Waals surface area (Å²) in [6.45, 7) is 2.33. The number of likely N-dealkylation sites (tertiary alicyclic amines) is 1. The van der Waals surface area contributed by atoms with E-state index in [0.29, 0.717) is 26.3 Å². The molecule has 1 unspecified atom stereocenters. The second-order valence-electron chi connectivity index (χ2n) is 7.33. The third-order valence-corrected chi connectivity index (χ3v) is 5.22. The van der Waals surface area contributed by atoms with E-state index in [-0.39, 0.29) is 29.9 Å². The molecule has 6 heteroatoms. The summed E-state index contributed by atoms with van der Waals surface area (Å²) < 4.78 is 25.0. The smallest absolute Gasteiger partial charge is 0.227 e. The Balaban J connectivity index is 1.26. The third kappa shape index (κ3) is 4.34. The summed E-state index contributed by atoms with van der Waals surface area (Å²) in [6.07, 6.45) is 3.82. The fraction of sp³-hybridized carbons (Fsp3) is 0.429. The van der Waals surface area contributed by atoms with Gasteiger partial charge >= 0.3 is 0 Å². The summed E-state index contributed by atoms with van der Waals surface area (Å²) in [4.78, 5) is 18.5. The van der Waals surface area contributed by atoms with Gasteiger partial charge in [0, 0.05) is 19.2 Å². The van der Waals surface area contributed by atoms with Crippen molar-refractivity contribution < 1.29 is 18.7 Å². The molecule has 4 rings (SSSR count). The maximum absolute atomic E-state index is 13.0. The molecule has 2 aliphatic rings. The van der Waals surface area contributed by atoms with Crippen LogP contribution in [0.2, 0.25) is 0 Å². The van der Waals surface area contributed by atoms with E-state index in [4.69, 9.17) is 9.47 Å². The molecule has 5 nitrogen and oxygen atoms in total. The fourth-order valence-electron chi connectivity index (χ4n) is 3.75. The number of hydrogen-bond donors (Lipinski definition) is 0. The lowest BCUT2D eigenvalue weighted by atomic mass is 9.84. The molecule has 142 valence electrons. The summed E-state index contributed by atoms with van der Waals surface area (Å²) in [5.74, 6) is -0.242.